The van der Waals surface area contributed by atoms with Gasteiger partial charge in [0.2, 0.25) is 0 Å². The van der Waals surface area contributed by atoms with E-state index in [0.717, 1.165) is 109 Å². The lowest BCUT2D eigenvalue weighted by Crippen LogP contribution is -2.30. The first-order valence-electron chi connectivity index (χ1n) is 29.4. The maximum Gasteiger partial charge on any atom is 0.306 e. The lowest BCUT2D eigenvalue weighted by molar-refractivity contribution is -0.167. The molecule has 398 valence electrons. The number of ether oxygens (including phenoxy) is 3. The molecule has 1 unspecified atom stereocenters. The number of unbranched alkanes of at least 4 members (excludes halogenated alkanes) is 30. The predicted octanol–water partition coefficient (Wildman–Crippen LogP) is 19.8. The Morgan fingerprint density at radius 3 is 0.899 bits per heavy atom. The highest BCUT2D eigenvalue weighted by Crippen LogP contribution is 2.16. The van der Waals surface area contributed by atoms with E-state index in [1.807, 2.05) is 0 Å². The van der Waals surface area contributed by atoms with Crippen LogP contribution in [0.2, 0.25) is 0 Å². The topological polar surface area (TPSA) is 78.9 Å². The summed E-state index contributed by atoms with van der Waals surface area (Å²) < 4.78 is 16.9. The number of carbonyl (C=O) groups is 3. The smallest absolute Gasteiger partial charge is 0.306 e. The van der Waals surface area contributed by atoms with Gasteiger partial charge in [0.15, 0.2) is 6.10 Å². The van der Waals surface area contributed by atoms with Crippen LogP contribution in [0.5, 0.6) is 0 Å². The summed E-state index contributed by atoms with van der Waals surface area (Å²) in [6, 6.07) is 0. The summed E-state index contributed by atoms with van der Waals surface area (Å²) in [5, 5.41) is 0. The van der Waals surface area contributed by atoms with E-state index in [-0.39, 0.29) is 31.1 Å². The van der Waals surface area contributed by atoms with Gasteiger partial charge in [0, 0.05) is 19.3 Å². The highest BCUT2D eigenvalue weighted by atomic mass is 16.6. The zero-order chi connectivity index (χ0) is 50.0. The molecule has 0 aliphatic rings. The van der Waals surface area contributed by atoms with Gasteiger partial charge in [-0.25, -0.2) is 0 Å². The van der Waals surface area contributed by atoms with Crippen molar-refractivity contribution in [2.24, 2.45) is 0 Å². The van der Waals surface area contributed by atoms with Crippen LogP contribution < -0.4 is 0 Å². The molecule has 0 N–H and O–H groups in total. The molecule has 0 bridgehead atoms. The predicted molar refractivity (Wildman–Crippen MR) is 298 cm³/mol. The van der Waals surface area contributed by atoms with Gasteiger partial charge < -0.3 is 14.2 Å². The number of carbonyl (C=O) groups excluding carboxylic acids is 3. The van der Waals surface area contributed by atoms with Crippen molar-refractivity contribution in [2.45, 2.75) is 297 Å². The summed E-state index contributed by atoms with van der Waals surface area (Å²) in [6.07, 6.45) is 73.2. The van der Waals surface area contributed by atoms with E-state index in [0.29, 0.717) is 19.3 Å². The van der Waals surface area contributed by atoms with Crippen molar-refractivity contribution < 1.29 is 28.6 Å². The molecule has 0 aromatic rings. The molecule has 0 heterocycles. The van der Waals surface area contributed by atoms with Gasteiger partial charge >= 0.3 is 17.9 Å². The number of hydrogen-bond donors (Lipinski definition) is 0. The van der Waals surface area contributed by atoms with E-state index in [1.165, 1.54) is 141 Å². The van der Waals surface area contributed by atoms with Gasteiger partial charge in [-0.1, -0.05) is 254 Å². The fourth-order valence-electron chi connectivity index (χ4n) is 8.29. The van der Waals surface area contributed by atoms with Crippen molar-refractivity contribution in [3.63, 3.8) is 0 Å². The Kier molecular flexibility index (Phi) is 54.8. The van der Waals surface area contributed by atoms with Crippen molar-refractivity contribution >= 4 is 17.9 Å². The molecule has 0 aliphatic carbocycles. The van der Waals surface area contributed by atoms with E-state index in [4.69, 9.17) is 14.2 Å². The molecule has 69 heavy (non-hydrogen) atoms. The Labute approximate surface area is 427 Å². The second-order valence-electron chi connectivity index (χ2n) is 19.5. The summed E-state index contributed by atoms with van der Waals surface area (Å²) in [5.74, 6) is -0.894. The highest BCUT2D eigenvalue weighted by Gasteiger charge is 2.19. The molecule has 0 aliphatic heterocycles. The molecule has 0 saturated heterocycles. The van der Waals surface area contributed by atoms with Crippen LogP contribution in [0.25, 0.3) is 0 Å². The quantitative estimate of drug-likeness (QED) is 0.0262. The van der Waals surface area contributed by atoms with Crippen LogP contribution in [-0.2, 0) is 28.6 Å². The maximum atomic E-state index is 12.9. The molecule has 1 atom stereocenters. The second-order valence-corrected chi connectivity index (χ2v) is 19.5. The Balaban J connectivity index is 4.39. The van der Waals surface area contributed by atoms with Crippen molar-refractivity contribution in [1.29, 1.82) is 0 Å². The van der Waals surface area contributed by atoms with Gasteiger partial charge in [0.05, 0.1) is 0 Å². The van der Waals surface area contributed by atoms with E-state index in [2.05, 4.69) is 93.7 Å². The van der Waals surface area contributed by atoms with Crippen molar-refractivity contribution in [3.05, 3.63) is 72.9 Å². The van der Waals surface area contributed by atoms with Gasteiger partial charge in [-0.15, -0.1) is 0 Å². The van der Waals surface area contributed by atoms with Crippen molar-refractivity contribution in [1.82, 2.24) is 0 Å². The minimum Gasteiger partial charge on any atom is -0.462 e. The minimum absolute atomic E-state index is 0.0809. The molecule has 0 saturated carbocycles. The van der Waals surface area contributed by atoms with E-state index < -0.39 is 6.10 Å². The number of hydrogen-bond acceptors (Lipinski definition) is 6. The van der Waals surface area contributed by atoms with Crippen molar-refractivity contribution in [3.8, 4) is 0 Å². The van der Waals surface area contributed by atoms with Crippen LogP contribution in [0.15, 0.2) is 72.9 Å². The van der Waals surface area contributed by atoms with Crippen LogP contribution in [-0.4, -0.2) is 37.2 Å². The third-order valence-electron chi connectivity index (χ3n) is 12.7. The van der Waals surface area contributed by atoms with E-state index in [9.17, 15) is 14.4 Å². The zero-order valence-corrected chi connectivity index (χ0v) is 45.6. The minimum atomic E-state index is -0.784. The van der Waals surface area contributed by atoms with E-state index >= 15 is 0 Å². The van der Waals surface area contributed by atoms with Gasteiger partial charge in [0.1, 0.15) is 13.2 Å². The Bertz CT molecular complexity index is 1290. The average Bonchev–Trinajstić information content (AvgIpc) is 3.35. The average molecular weight is 964 g/mol. The Morgan fingerprint density at radius 1 is 0.304 bits per heavy atom. The first-order chi connectivity index (χ1) is 34.0. The van der Waals surface area contributed by atoms with Crippen LogP contribution in [0.4, 0.5) is 0 Å². The Morgan fingerprint density at radius 2 is 0.565 bits per heavy atom. The number of rotatable bonds is 53. The zero-order valence-electron chi connectivity index (χ0n) is 45.6. The molecule has 0 fully saturated rings. The molecule has 0 rings (SSSR count). The fraction of sp³-hybridized carbons (Fsp3) is 0.762. The van der Waals surface area contributed by atoms with E-state index in [1.54, 1.807) is 0 Å². The lowest BCUT2D eigenvalue weighted by atomic mass is 10.0. The molecular weight excluding hydrogens is 853 g/mol. The SMILES string of the molecule is CC/C=C\C/C=C\C/C=C\C/C=C\C/C=C\CCCCCCCC(=O)OCC(COC(=O)CCCCCCCCCCCCCCC)OC(=O)CCCCCCCCC/C=C\CCCCCCCC. The number of esters is 3. The largest absolute Gasteiger partial charge is 0.462 e. The summed E-state index contributed by atoms with van der Waals surface area (Å²) in [6.45, 7) is 6.53. The molecule has 0 aromatic carbocycles. The molecule has 6 nitrogen and oxygen atoms in total. The summed E-state index contributed by atoms with van der Waals surface area (Å²) >= 11 is 0. The normalized spacial score (nSPS) is 12.6. The third kappa shape index (κ3) is 55.6. The lowest BCUT2D eigenvalue weighted by Gasteiger charge is -2.18. The van der Waals surface area contributed by atoms with Gasteiger partial charge in [0.25, 0.3) is 0 Å². The third-order valence-corrected chi connectivity index (χ3v) is 12.7. The first kappa shape index (κ1) is 65.8. The molecule has 0 aromatic heterocycles. The monoisotopic (exact) mass is 963 g/mol. The van der Waals surface area contributed by atoms with Crippen molar-refractivity contribution in [2.75, 3.05) is 13.2 Å². The number of allylic oxidation sites excluding steroid dienone is 12. The second kappa shape index (κ2) is 57.4. The summed E-state index contributed by atoms with van der Waals surface area (Å²) in [7, 11) is 0. The molecule has 6 heteroatoms. The maximum absolute atomic E-state index is 12.9. The molecule has 0 radical (unpaired) electrons. The molecule has 0 amide bonds. The summed E-state index contributed by atoms with van der Waals surface area (Å²) in [5.41, 5.74) is 0. The first-order valence-corrected chi connectivity index (χ1v) is 29.4. The van der Waals surface area contributed by atoms with Crippen LogP contribution in [0, 0.1) is 0 Å². The van der Waals surface area contributed by atoms with Gasteiger partial charge in [-0.2, -0.15) is 0 Å². The van der Waals surface area contributed by atoms with Gasteiger partial charge in [-0.05, 0) is 89.9 Å². The molecule has 0 spiro atoms. The van der Waals surface area contributed by atoms with Gasteiger partial charge in [-0.3, -0.25) is 14.4 Å². The van der Waals surface area contributed by atoms with Crippen LogP contribution in [0.3, 0.4) is 0 Å². The van der Waals surface area contributed by atoms with Crippen LogP contribution >= 0.6 is 0 Å². The molecular formula is C63H110O6. The fourth-order valence-corrected chi connectivity index (χ4v) is 8.29. The highest BCUT2D eigenvalue weighted by molar-refractivity contribution is 5.71. The standard InChI is InChI=1S/C63H110O6/c1-4-7-10-13-16-19-22-25-27-29-30-31-32-34-35-38-41-44-47-50-53-56-62(65)68-59-60(58-67-61(64)55-52-49-46-43-40-37-24-21-18-15-12-9-6-3)69-63(66)57-54-51-48-45-42-39-36-33-28-26-23-20-17-14-11-8-5-2/h7,10,16,19,25-28,30-31,34-35,60H,4-6,8-9,11-15,17-18,20-24,29,32-33,36-59H2,1-3H3/b10-7-,19-16-,27-25-,28-26-,31-30-,35-34-. The Hall–Kier alpha value is -3.15. The van der Waals surface area contributed by atoms with Crippen LogP contribution in [0.1, 0.15) is 290 Å². The summed E-state index contributed by atoms with van der Waals surface area (Å²) in [4.78, 5) is 38.2.